The minimum Gasteiger partial charge on any atom is -0.337 e. The van der Waals surface area contributed by atoms with Crippen LogP contribution in [0, 0.1) is 19.8 Å². The molecule has 0 aromatic carbocycles. The van der Waals surface area contributed by atoms with Gasteiger partial charge < -0.3 is 10.6 Å². The molecule has 1 saturated carbocycles. The van der Waals surface area contributed by atoms with Crippen LogP contribution in [0.2, 0.25) is 0 Å². The quantitative estimate of drug-likeness (QED) is 0.856. The molecule has 1 fully saturated rings. The van der Waals surface area contributed by atoms with Gasteiger partial charge in [-0.05, 0) is 43.7 Å². The summed E-state index contributed by atoms with van der Waals surface area (Å²) >= 11 is 0. The smallest absolute Gasteiger partial charge is 0.319 e. The van der Waals surface area contributed by atoms with Gasteiger partial charge in [-0.15, -0.1) is 0 Å². The summed E-state index contributed by atoms with van der Waals surface area (Å²) in [5, 5.41) is 5.59. The number of nitrogens with one attached hydrogen (secondary N) is 2. The Hall–Kier alpha value is -2.50. The van der Waals surface area contributed by atoms with Crippen LogP contribution in [0.15, 0.2) is 24.7 Å². The Balaban J connectivity index is 1.43. The maximum atomic E-state index is 11.9. The molecule has 0 aliphatic heterocycles. The van der Waals surface area contributed by atoms with Crippen LogP contribution >= 0.6 is 0 Å². The number of aromatic nitrogens is 3. The maximum Gasteiger partial charge on any atom is 0.319 e. The van der Waals surface area contributed by atoms with E-state index in [0.29, 0.717) is 18.7 Å². The first-order valence-corrected chi connectivity index (χ1v) is 8.38. The largest absolute Gasteiger partial charge is 0.337 e. The molecule has 126 valence electrons. The number of urea groups is 1. The van der Waals surface area contributed by atoms with Crippen molar-refractivity contribution in [1.82, 2.24) is 20.3 Å². The van der Waals surface area contributed by atoms with Crippen molar-refractivity contribution in [1.29, 1.82) is 0 Å². The Labute approximate surface area is 142 Å². The van der Waals surface area contributed by atoms with Crippen LogP contribution in [0.5, 0.6) is 0 Å². The first kappa shape index (κ1) is 16.4. The van der Waals surface area contributed by atoms with E-state index in [1.165, 1.54) is 12.8 Å². The summed E-state index contributed by atoms with van der Waals surface area (Å²) in [6.45, 7) is 4.59. The summed E-state index contributed by atoms with van der Waals surface area (Å²) in [6.07, 6.45) is 9.38. The number of aryl methyl sites for hydroxylation is 2. The van der Waals surface area contributed by atoms with E-state index in [1.807, 2.05) is 20.0 Å². The van der Waals surface area contributed by atoms with Crippen molar-refractivity contribution in [2.24, 2.45) is 5.92 Å². The Kier molecular flexibility index (Phi) is 5.03. The number of carbonyl (C=O) groups excluding carboxylic acids is 1. The van der Waals surface area contributed by atoms with Crippen molar-refractivity contribution in [3.05, 3.63) is 47.3 Å². The molecule has 6 heteroatoms. The highest BCUT2D eigenvalue weighted by Gasteiger charge is 2.22. The number of nitrogens with zero attached hydrogens (tertiary/aromatic N) is 3. The van der Waals surface area contributed by atoms with E-state index in [-0.39, 0.29) is 6.03 Å². The Morgan fingerprint density at radius 1 is 1.17 bits per heavy atom. The zero-order valence-corrected chi connectivity index (χ0v) is 14.2. The zero-order valence-electron chi connectivity index (χ0n) is 14.2. The molecule has 2 aromatic heterocycles. The lowest BCUT2D eigenvalue weighted by Crippen LogP contribution is -2.30. The fraction of sp³-hybridized carbons (Fsp3) is 0.444. The number of anilines is 1. The van der Waals surface area contributed by atoms with Gasteiger partial charge in [0.2, 0.25) is 0 Å². The van der Waals surface area contributed by atoms with Crippen LogP contribution in [-0.2, 0) is 12.8 Å². The van der Waals surface area contributed by atoms with Crippen molar-refractivity contribution in [3.63, 3.8) is 0 Å². The average molecular weight is 325 g/mol. The normalized spacial score (nSPS) is 13.6. The first-order valence-electron chi connectivity index (χ1n) is 8.38. The van der Waals surface area contributed by atoms with Crippen LogP contribution in [-0.4, -0.2) is 27.5 Å². The fourth-order valence-corrected chi connectivity index (χ4v) is 2.58. The third kappa shape index (κ3) is 4.75. The van der Waals surface area contributed by atoms with Gasteiger partial charge in [-0.2, -0.15) is 0 Å². The molecule has 1 aliphatic carbocycles. The number of hydrogen-bond acceptors (Lipinski definition) is 4. The Morgan fingerprint density at radius 3 is 2.58 bits per heavy atom. The van der Waals surface area contributed by atoms with Gasteiger partial charge in [0.15, 0.2) is 0 Å². The maximum absolute atomic E-state index is 11.9. The molecule has 24 heavy (non-hydrogen) atoms. The number of carbonyl (C=O) groups is 1. The van der Waals surface area contributed by atoms with Gasteiger partial charge >= 0.3 is 6.03 Å². The molecule has 6 nitrogen and oxygen atoms in total. The highest BCUT2D eigenvalue weighted by atomic mass is 16.2. The molecule has 0 bridgehead atoms. The highest BCUT2D eigenvalue weighted by molar-refractivity contribution is 5.88. The third-order valence-corrected chi connectivity index (χ3v) is 4.10. The van der Waals surface area contributed by atoms with Crippen LogP contribution in [0.3, 0.4) is 0 Å². The summed E-state index contributed by atoms with van der Waals surface area (Å²) in [4.78, 5) is 24.9. The predicted molar refractivity (Wildman–Crippen MR) is 92.9 cm³/mol. The summed E-state index contributed by atoms with van der Waals surface area (Å²) in [5.74, 6) is 1.61. The summed E-state index contributed by atoms with van der Waals surface area (Å²) in [5.41, 5.74) is 3.91. The van der Waals surface area contributed by atoms with Gasteiger partial charge in [0.1, 0.15) is 5.82 Å². The molecule has 0 unspecified atom stereocenters. The molecule has 2 aromatic rings. The summed E-state index contributed by atoms with van der Waals surface area (Å²) in [6, 6.07) is 1.85. The second-order valence-corrected chi connectivity index (χ2v) is 6.44. The van der Waals surface area contributed by atoms with E-state index < -0.39 is 0 Å². The van der Waals surface area contributed by atoms with E-state index in [0.717, 1.165) is 35.0 Å². The van der Waals surface area contributed by atoms with Crippen molar-refractivity contribution in [2.45, 2.75) is 39.5 Å². The van der Waals surface area contributed by atoms with Crippen molar-refractivity contribution in [2.75, 3.05) is 11.9 Å². The lowest BCUT2D eigenvalue weighted by molar-refractivity contribution is 0.252. The molecule has 1 aliphatic rings. The zero-order chi connectivity index (χ0) is 16.9. The molecule has 0 spiro atoms. The second-order valence-electron chi connectivity index (χ2n) is 6.44. The first-order chi connectivity index (χ1) is 11.6. The van der Waals surface area contributed by atoms with Gasteiger partial charge in [0.25, 0.3) is 0 Å². The van der Waals surface area contributed by atoms with Crippen LogP contribution in [0.1, 0.15) is 35.5 Å². The minimum atomic E-state index is -0.252. The molecule has 2 heterocycles. The topological polar surface area (TPSA) is 79.8 Å². The van der Waals surface area contributed by atoms with E-state index >= 15 is 0 Å². The molecule has 0 radical (unpaired) electrons. The molecular weight excluding hydrogens is 302 g/mol. The third-order valence-electron chi connectivity index (χ3n) is 4.10. The molecule has 2 amide bonds. The van der Waals surface area contributed by atoms with Gasteiger partial charge in [-0.1, -0.05) is 6.07 Å². The minimum absolute atomic E-state index is 0.252. The molecule has 0 saturated heterocycles. The average Bonchev–Trinajstić information content (AvgIpc) is 3.35. The number of pyridine rings is 1. The lowest BCUT2D eigenvalue weighted by atomic mass is 10.1. The molecule has 3 rings (SSSR count). The van der Waals surface area contributed by atoms with E-state index in [1.54, 1.807) is 12.4 Å². The van der Waals surface area contributed by atoms with Gasteiger partial charge in [0.05, 0.1) is 18.1 Å². The Bertz CT molecular complexity index is 710. The SMILES string of the molecule is Cc1cnc(CCNC(=O)Nc2cnc(CC3CC3)nc2)c(C)c1. The lowest BCUT2D eigenvalue weighted by Gasteiger charge is -2.09. The molecule has 2 N–H and O–H groups in total. The predicted octanol–water partition coefficient (Wildman–Crippen LogP) is 2.81. The summed E-state index contributed by atoms with van der Waals surface area (Å²) in [7, 11) is 0. The molecular formula is C18H23N5O. The van der Waals surface area contributed by atoms with Crippen LogP contribution < -0.4 is 10.6 Å². The van der Waals surface area contributed by atoms with Crippen molar-refractivity contribution < 1.29 is 4.79 Å². The molecule has 0 atom stereocenters. The second kappa shape index (κ2) is 7.38. The number of rotatable bonds is 6. The van der Waals surface area contributed by atoms with Gasteiger partial charge in [0, 0.05) is 31.3 Å². The highest BCUT2D eigenvalue weighted by Crippen LogP contribution is 2.31. The van der Waals surface area contributed by atoms with E-state index in [9.17, 15) is 4.79 Å². The van der Waals surface area contributed by atoms with Gasteiger partial charge in [-0.25, -0.2) is 14.8 Å². The number of amides is 2. The van der Waals surface area contributed by atoms with E-state index in [4.69, 9.17) is 0 Å². The monoisotopic (exact) mass is 325 g/mol. The summed E-state index contributed by atoms with van der Waals surface area (Å²) < 4.78 is 0. The standard InChI is InChI=1S/C18H23N5O/c1-12-7-13(2)16(20-9-12)5-6-19-18(24)23-15-10-21-17(22-11-15)8-14-3-4-14/h7,9-11,14H,3-6,8H2,1-2H3,(H2,19,23,24). The van der Waals surface area contributed by atoms with Crippen molar-refractivity contribution >= 4 is 11.7 Å². The number of hydrogen-bond donors (Lipinski definition) is 2. The van der Waals surface area contributed by atoms with E-state index in [2.05, 4.69) is 31.7 Å². The van der Waals surface area contributed by atoms with Crippen molar-refractivity contribution in [3.8, 4) is 0 Å². The van der Waals surface area contributed by atoms with Crippen LogP contribution in [0.25, 0.3) is 0 Å². The van der Waals surface area contributed by atoms with Crippen LogP contribution in [0.4, 0.5) is 10.5 Å². The Morgan fingerprint density at radius 2 is 1.92 bits per heavy atom. The van der Waals surface area contributed by atoms with Gasteiger partial charge in [-0.3, -0.25) is 4.98 Å². The fourth-order valence-electron chi connectivity index (χ4n) is 2.58.